The second kappa shape index (κ2) is 3.95. The largest absolute Gasteiger partial charge is 0.364 e. The van der Waals surface area contributed by atoms with E-state index in [0.29, 0.717) is 6.42 Å². The summed E-state index contributed by atoms with van der Waals surface area (Å²) < 4.78 is 13.3. The lowest BCUT2D eigenvalue weighted by molar-refractivity contribution is 0.323. The highest BCUT2D eigenvalue weighted by molar-refractivity contribution is 5.38. The van der Waals surface area contributed by atoms with Crippen molar-refractivity contribution in [1.82, 2.24) is 4.98 Å². The lowest BCUT2D eigenvalue weighted by Gasteiger charge is -2.15. The molecule has 0 unspecified atom stereocenters. The Kier molecular flexibility index (Phi) is 2.66. The molecular formula is C11H15FN2. The molecule has 0 bridgehead atoms. The third-order valence-electron chi connectivity index (χ3n) is 2.68. The zero-order valence-electron chi connectivity index (χ0n) is 8.33. The van der Waals surface area contributed by atoms with Crippen molar-refractivity contribution in [3.8, 4) is 0 Å². The summed E-state index contributed by atoms with van der Waals surface area (Å²) in [6, 6.07) is 3.85. The predicted molar refractivity (Wildman–Crippen MR) is 55.1 cm³/mol. The van der Waals surface area contributed by atoms with Crippen LogP contribution in [0.1, 0.15) is 24.8 Å². The highest BCUT2D eigenvalue weighted by atomic mass is 19.1. The minimum atomic E-state index is -0.711. The molecule has 76 valence electrons. The van der Waals surface area contributed by atoms with Crippen molar-refractivity contribution in [2.75, 3.05) is 5.32 Å². The zero-order chi connectivity index (χ0) is 9.97. The lowest BCUT2D eigenvalue weighted by Crippen LogP contribution is -2.25. The van der Waals surface area contributed by atoms with Crippen LogP contribution in [0.4, 0.5) is 10.2 Å². The van der Waals surface area contributed by atoms with Crippen molar-refractivity contribution in [2.45, 2.75) is 38.4 Å². The van der Waals surface area contributed by atoms with E-state index in [2.05, 4.69) is 10.3 Å². The SMILES string of the molecule is Cc1ccnc(N[C@@H]2CCC[C@@H]2F)c1. The number of hydrogen-bond acceptors (Lipinski definition) is 2. The summed E-state index contributed by atoms with van der Waals surface area (Å²) in [5, 5.41) is 3.15. The highest BCUT2D eigenvalue weighted by Crippen LogP contribution is 2.24. The molecular weight excluding hydrogens is 179 g/mol. The molecule has 1 aromatic rings. The van der Waals surface area contributed by atoms with Crippen LogP contribution in [0.15, 0.2) is 18.3 Å². The van der Waals surface area contributed by atoms with Gasteiger partial charge < -0.3 is 5.32 Å². The van der Waals surface area contributed by atoms with Crippen molar-refractivity contribution in [3.05, 3.63) is 23.9 Å². The Morgan fingerprint density at radius 2 is 2.36 bits per heavy atom. The second-order valence-corrected chi connectivity index (χ2v) is 3.92. The van der Waals surface area contributed by atoms with Gasteiger partial charge in [-0.3, -0.25) is 0 Å². The molecule has 3 heteroatoms. The first kappa shape index (κ1) is 9.44. The van der Waals surface area contributed by atoms with Crippen molar-refractivity contribution < 1.29 is 4.39 Å². The summed E-state index contributed by atoms with van der Waals surface area (Å²) in [6.07, 6.45) is 3.61. The smallest absolute Gasteiger partial charge is 0.126 e. The molecule has 1 aliphatic rings. The van der Waals surface area contributed by atoms with Gasteiger partial charge >= 0.3 is 0 Å². The fraction of sp³-hybridized carbons (Fsp3) is 0.545. The fourth-order valence-electron chi connectivity index (χ4n) is 1.88. The number of nitrogens with zero attached hydrogens (tertiary/aromatic N) is 1. The number of nitrogens with one attached hydrogen (secondary N) is 1. The van der Waals surface area contributed by atoms with E-state index in [-0.39, 0.29) is 6.04 Å². The monoisotopic (exact) mass is 194 g/mol. The molecule has 0 radical (unpaired) electrons. The van der Waals surface area contributed by atoms with E-state index in [1.807, 2.05) is 19.1 Å². The Morgan fingerprint density at radius 3 is 3.00 bits per heavy atom. The number of hydrogen-bond donors (Lipinski definition) is 1. The summed E-state index contributed by atoms with van der Waals surface area (Å²) in [7, 11) is 0. The van der Waals surface area contributed by atoms with Crippen LogP contribution in [-0.4, -0.2) is 17.2 Å². The average Bonchev–Trinajstić information content (AvgIpc) is 2.52. The number of pyridine rings is 1. The van der Waals surface area contributed by atoms with Gasteiger partial charge in [0.2, 0.25) is 0 Å². The van der Waals surface area contributed by atoms with Gasteiger partial charge in [0.1, 0.15) is 12.0 Å². The van der Waals surface area contributed by atoms with Crippen LogP contribution >= 0.6 is 0 Å². The molecule has 0 spiro atoms. The minimum absolute atomic E-state index is 0.0377. The summed E-state index contributed by atoms with van der Waals surface area (Å²) in [5.74, 6) is 0.791. The zero-order valence-corrected chi connectivity index (χ0v) is 8.33. The minimum Gasteiger partial charge on any atom is -0.364 e. The van der Waals surface area contributed by atoms with Crippen LogP contribution in [0.2, 0.25) is 0 Å². The van der Waals surface area contributed by atoms with Crippen molar-refractivity contribution in [2.24, 2.45) is 0 Å². The van der Waals surface area contributed by atoms with Crippen molar-refractivity contribution in [1.29, 1.82) is 0 Å². The van der Waals surface area contributed by atoms with E-state index in [9.17, 15) is 4.39 Å². The molecule has 0 amide bonds. The summed E-state index contributed by atoms with van der Waals surface area (Å²) in [4.78, 5) is 4.16. The van der Waals surface area contributed by atoms with E-state index < -0.39 is 6.17 Å². The Bertz CT molecular complexity index is 314. The van der Waals surface area contributed by atoms with Gasteiger partial charge in [-0.2, -0.15) is 0 Å². The predicted octanol–water partition coefficient (Wildman–Crippen LogP) is 2.69. The normalized spacial score (nSPS) is 26.4. The van der Waals surface area contributed by atoms with E-state index in [1.54, 1.807) is 6.20 Å². The molecule has 1 heterocycles. The maximum Gasteiger partial charge on any atom is 0.126 e. The Balaban J connectivity index is 2.03. The summed E-state index contributed by atoms with van der Waals surface area (Å²) in [6.45, 7) is 2.01. The molecule has 0 saturated heterocycles. The maximum absolute atomic E-state index is 13.3. The number of rotatable bonds is 2. The molecule has 0 aromatic carbocycles. The van der Waals surface area contributed by atoms with Gasteiger partial charge in [0, 0.05) is 6.20 Å². The van der Waals surface area contributed by atoms with Crippen molar-refractivity contribution >= 4 is 5.82 Å². The van der Waals surface area contributed by atoms with Crippen LogP contribution in [0.5, 0.6) is 0 Å². The van der Waals surface area contributed by atoms with E-state index >= 15 is 0 Å². The molecule has 1 saturated carbocycles. The Morgan fingerprint density at radius 1 is 1.50 bits per heavy atom. The molecule has 2 rings (SSSR count). The van der Waals surface area contributed by atoms with E-state index in [1.165, 1.54) is 0 Å². The van der Waals surface area contributed by atoms with Gasteiger partial charge in [-0.05, 0) is 43.9 Å². The average molecular weight is 194 g/mol. The van der Waals surface area contributed by atoms with Gasteiger partial charge in [-0.15, -0.1) is 0 Å². The van der Waals surface area contributed by atoms with Gasteiger partial charge in [0.05, 0.1) is 6.04 Å². The van der Waals surface area contributed by atoms with Gasteiger partial charge in [-0.1, -0.05) is 0 Å². The van der Waals surface area contributed by atoms with E-state index in [4.69, 9.17) is 0 Å². The number of aryl methyl sites for hydroxylation is 1. The number of aromatic nitrogens is 1. The number of alkyl halides is 1. The lowest BCUT2D eigenvalue weighted by atomic mass is 10.2. The fourth-order valence-corrected chi connectivity index (χ4v) is 1.88. The third-order valence-corrected chi connectivity index (χ3v) is 2.68. The first-order valence-electron chi connectivity index (χ1n) is 5.09. The molecule has 14 heavy (non-hydrogen) atoms. The van der Waals surface area contributed by atoms with Gasteiger partial charge in [0.15, 0.2) is 0 Å². The van der Waals surface area contributed by atoms with Crippen molar-refractivity contribution in [3.63, 3.8) is 0 Å². The van der Waals surface area contributed by atoms with Crippen LogP contribution in [0.25, 0.3) is 0 Å². The van der Waals surface area contributed by atoms with Crippen LogP contribution < -0.4 is 5.32 Å². The molecule has 2 atom stereocenters. The quantitative estimate of drug-likeness (QED) is 0.783. The topological polar surface area (TPSA) is 24.9 Å². The first-order chi connectivity index (χ1) is 6.75. The van der Waals surface area contributed by atoms with E-state index in [0.717, 1.165) is 24.2 Å². The van der Waals surface area contributed by atoms with Crippen LogP contribution in [0, 0.1) is 6.92 Å². The van der Waals surface area contributed by atoms with Gasteiger partial charge in [0.25, 0.3) is 0 Å². The Labute approximate surface area is 83.6 Å². The van der Waals surface area contributed by atoms with Crippen LogP contribution in [-0.2, 0) is 0 Å². The molecule has 1 aliphatic carbocycles. The number of halogens is 1. The summed E-state index contributed by atoms with van der Waals surface area (Å²) >= 11 is 0. The Hall–Kier alpha value is -1.12. The van der Waals surface area contributed by atoms with Crippen LogP contribution in [0.3, 0.4) is 0 Å². The molecule has 1 N–H and O–H groups in total. The molecule has 0 aliphatic heterocycles. The summed E-state index contributed by atoms with van der Waals surface area (Å²) in [5.41, 5.74) is 1.15. The third kappa shape index (κ3) is 2.03. The highest BCUT2D eigenvalue weighted by Gasteiger charge is 2.26. The van der Waals surface area contributed by atoms with Gasteiger partial charge in [-0.25, -0.2) is 9.37 Å². The standard InChI is InChI=1S/C11H15FN2/c1-8-5-6-13-11(7-8)14-10-4-2-3-9(10)12/h5-7,9-10H,2-4H2,1H3,(H,13,14)/t9-,10+/m0/s1. The number of anilines is 1. The molecule has 2 nitrogen and oxygen atoms in total. The molecule has 1 fully saturated rings. The first-order valence-corrected chi connectivity index (χ1v) is 5.09. The molecule has 1 aromatic heterocycles. The maximum atomic E-state index is 13.3. The second-order valence-electron chi connectivity index (χ2n) is 3.92.